The lowest BCUT2D eigenvalue weighted by molar-refractivity contribution is -0.118. The first-order chi connectivity index (χ1) is 7.89. The Kier molecular flexibility index (Phi) is 4.81. The molecule has 0 fully saturated rings. The molecule has 1 heterocycles. The SMILES string of the molecule is CC(=O)CCOCCc1cn(C(C)(C)C)nn1. The van der Waals surface area contributed by atoms with Gasteiger partial charge in [-0.1, -0.05) is 5.21 Å². The van der Waals surface area contributed by atoms with Gasteiger partial charge in [0.25, 0.3) is 0 Å². The summed E-state index contributed by atoms with van der Waals surface area (Å²) in [5, 5.41) is 8.15. The Bertz CT molecular complexity index is 366. The zero-order valence-electron chi connectivity index (χ0n) is 11.1. The zero-order chi connectivity index (χ0) is 12.9. The number of carbonyl (C=O) groups excluding carboxylic acids is 1. The predicted molar refractivity (Wildman–Crippen MR) is 64.8 cm³/mol. The van der Waals surface area contributed by atoms with Crippen molar-refractivity contribution in [2.45, 2.75) is 46.1 Å². The van der Waals surface area contributed by atoms with E-state index in [2.05, 4.69) is 31.1 Å². The van der Waals surface area contributed by atoms with Crippen molar-refractivity contribution in [3.8, 4) is 0 Å². The third-order valence-electron chi connectivity index (χ3n) is 2.33. The Morgan fingerprint density at radius 1 is 1.41 bits per heavy atom. The van der Waals surface area contributed by atoms with Gasteiger partial charge in [-0.25, -0.2) is 4.68 Å². The maximum absolute atomic E-state index is 10.7. The normalized spacial score (nSPS) is 11.8. The van der Waals surface area contributed by atoms with Crippen LogP contribution in [0, 0.1) is 0 Å². The van der Waals surface area contributed by atoms with Crippen LogP contribution in [-0.4, -0.2) is 34.0 Å². The maximum Gasteiger partial charge on any atom is 0.132 e. The van der Waals surface area contributed by atoms with Gasteiger partial charge in [0.1, 0.15) is 5.78 Å². The van der Waals surface area contributed by atoms with Crippen LogP contribution in [0.2, 0.25) is 0 Å². The molecule has 1 rings (SSSR count). The molecule has 0 aromatic carbocycles. The summed E-state index contributed by atoms with van der Waals surface area (Å²) < 4.78 is 7.19. The second-order valence-corrected chi connectivity index (χ2v) is 5.14. The Labute approximate surface area is 102 Å². The first-order valence-electron chi connectivity index (χ1n) is 5.88. The van der Waals surface area contributed by atoms with Gasteiger partial charge in [0.05, 0.1) is 24.4 Å². The van der Waals surface area contributed by atoms with Gasteiger partial charge in [0.2, 0.25) is 0 Å². The van der Waals surface area contributed by atoms with E-state index in [0.29, 0.717) is 19.6 Å². The molecule has 1 aromatic heterocycles. The van der Waals surface area contributed by atoms with Gasteiger partial charge in [-0.15, -0.1) is 5.10 Å². The maximum atomic E-state index is 10.7. The molecule has 0 aliphatic carbocycles. The molecule has 0 unspecified atom stereocenters. The number of hydrogen-bond acceptors (Lipinski definition) is 4. The number of ketones is 1. The number of ether oxygens (including phenoxy) is 1. The molecule has 0 amide bonds. The number of rotatable bonds is 6. The molecule has 96 valence electrons. The molecule has 0 aliphatic rings. The molecule has 1 aromatic rings. The van der Waals surface area contributed by atoms with Crippen LogP contribution in [-0.2, 0) is 21.5 Å². The highest BCUT2D eigenvalue weighted by atomic mass is 16.5. The molecule has 0 aliphatic heterocycles. The molecule has 5 heteroatoms. The standard InChI is InChI=1S/C12H21N3O2/c1-10(16)5-7-17-8-6-11-9-15(14-13-11)12(2,3)4/h9H,5-8H2,1-4H3. The van der Waals surface area contributed by atoms with Crippen LogP contribution in [0.15, 0.2) is 6.20 Å². The van der Waals surface area contributed by atoms with E-state index in [9.17, 15) is 4.79 Å². The topological polar surface area (TPSA) is 57.0 Å². The summed E-state index contributed by atoms with van der Waals surface area (Å²) in [6.45, 7) is 8.87. The number of aromatic nitrogens is 3. The molecule has 0 spiro atoms. The van der Waals surface area contributed by atoms with Crippen molar-refractivity contribution in [2.24, 2.45) is 0 Å². The quantitative estimate of drug-likeness (QED) is 0.707. The number of Topliss-reactive ketones (excluding diaryl/α,β-unsaturated/α-hetero) is 1. The van der Waals surface area contributed by atoms with Crippen molar-refractivity contribution in [1.29, 1.82) is 0 Å². The van der Waals surface area contributed by atoms with Gasteiger partial charge in [-0.3, -0.25) is 4.79 Å². The molecule has 0 N–H and O–H groups in total. The summed E-state index contributed by atoms with van der Waals surface area (Å²) in [5.41, 5.74) is 0.878. The largest absolute Gasteiger partial charge is 0.381 e. The van der Waals surface area contributed by atoms with E-state index < -0.39 is 0 Å². The summed E-state index contributed by atoms with van der Waals surface area (Å²) in [7, 11) is 0. The van der Waals surface area contributed by atoms with Crippen LogP contribution in [0.1, 0.15) is 39.8 Å². The smallest absolute Gasteiger partial charge is 0.132 e. The first-order valence-corrected chi connectivity index (χ1v) is 5.88. The van der Waals surface area contributed by atoms with E-state index in [1.807, 2.05) is 10.9 Å². The van der Waals surface area contributed by atoms with Crippen molar-refractivity contribution >= 4 is 5.78 Å². The number of carbonyl (C=O) groups is 1. The third-order valence-corrected chi connectivity index (χ3v) is 2.33. The Balaban J connectivity index is 2.28. The Hall–Kier alpha value is -1.23. The molecular weight excluding hydrogens is 218 g/mol. The summed E-state index contributed by atoms with van der Waals surface area (Å²) in [5.74, 6) is 0.156. The molecule has 0 radical (unpaired) electrons. The summed E-state index contributed by atoms with van der Waals surface area (Å²) in [6.07, 6.45) is 3.15. The van der Waals surface area contributed by atoms with Gasteiger partial charge in [-0.05, 0) is 27.7 Å². The minimum absolute atomic E-state index is 0.0409. The molecule has 0 saturated carbocycles. The molecule has 0 bridgehead atoms. The Morgan fingerprint density at radius 2 is 2.12 bits per heavy atom. The van der Waals surface area contributed by atoms with E-state index in [4.69, 9.17) is 4.74 Å². The minimum atomic E-state index is -0.0409. The van der Waals surface area contributed by atoms with Gasteiger partial charge in [0.15, 0.2) is 0 Å². The van der Waals surface area contributed by atoms with Crippen LogP contribution < -0.4 is 0 Å². The van der Waals surface area contributed by atoms with Crippen LogP contribution >= 0.6 is 0 Å². The van der Waals surface area contributed by atoms with Crippen LogP contribution in [0.5, 0.6) is 0 Å². The van der Waals surface area contributed by atoms with Crippen molar-refractivity contribution in [3.63, 3.8) is 0 Å². The monoisotopic (exact) mass is 239 g/mol. The zero-order valence-corrected chi connectivity index (χ0v) is 11.1. The molecule has 17 heavy (non-hydrogen) atoms. The van der Waals surface area contributed by atoms with E-state index in [-0.39, 0.29) is 11.3 Å². The fraction of sp³-hybridized carbons (Fsp3) is 0.750. The second kappa shape index (κ2) is 5.91. The second-order valence-electron chi connectivity index (χ2n) is 5.14. The highest BCUT2D eigenvalue weighted by molar-refractivity contribution is 5.75. The molecular formula is C12H21N3O2. The first kappa shape index (κ1) is 13.8. The van der Waals surface area contributed by atoms with Crippen LogP contribution in [0.4, 0.5) is 0 Å². The van der Waals surface area contributed by atoms with Crippen molar-refractivity contribution in [3.05, 3.63) is 11.9 Å². The average Bonchev–Trinajstić information content (AvgIpc) is 2.64. The van der Waals surface area contributed by atoms with Gasteiger partial charge >= 0.3 is 0 Å². The molecule has 0 saturated heterocycles. The number of hydrogen-bond donors (Lipinski definition) is 0. The van der Waals surface area contributed by atoms with E-state index in [1.54, 1.807) is 6.92 Å². The van der Waals surface area contributed by atoms with Crippen LogP contribution in [0.25, 0.3) is 0 Å². The third kappa shape index (κ3) is 5.08. The minimum Gasteiger partial charge on any atom is -0.381 e. The molecule has 0 atom stereocenters. The molecule has 5 nitrogen and oxygen atoms in total. The lowest BCUT2D eigenvalue weighted by Gasteiger charge is -2.17. The summed E-state index contributed by atoms with van der Waals surface area (Å²) in [6, 6.07) is 0. The fourth-order valence-corrected chi connectivity index (χ4v) is 1.24. The van der Waals surface area contributed by atoms with Crippen LogP contribution in [0.3, 0.4) is 0 Å². The van der Waals surface area contributed by atoms with Crippen molar-refractivity contribution < 1.29 is 9.53 Å². The Morgan fingerprint density at radius 3 is 2.65 bits per heavy atom. The van der Waals surface area contributed by atoms with E-state index in [1.165, 1.54) is 0 Å². The van der Waals surface area contributed by atoms with Gasteiger partial charge in [-0.2, -0.15) is 0 Å². The predicted octanol–water partition coefficient (Wildman–Crippen LogP) is 1.57. The van der Waals surface area contributed by atoms with E-state index in [0.717, 1.165) is 12.1 Å². The highest BCUT2D eigenvalue weighted by Gasteiger charge is 2.14. The summed E-state index contributed by atoms with van der Waals surface area (Å²) in [4.78, 5) is 10.7. The lowest BCUT2D eigenvalue weighted by atomic mass is 10.1. The van der Waals surface area contributed by atoms with E-state index >= 15 is 0 Å². The highest BCUT2D eigenvalue weighted by Crippen LogP contribution is 2.11. The lowest BCUT2D eigenvalue weighted by Crippen LogP contribution is -2.22. The van der Waals surface area contributed by atoms with Gasteiger partial charge in [0, 0.05) is 19.0 Å². The fourth-order valence-electron chi connectivity index (χ4n) is 1.24. The van der Waals surface area contributed by atoms with Gasteiger partial charge < -0.3 is 4.74 Å². The summed E-state index contributed by atoms with van der Waals surface area (Å²) >= 11 is 0. The number of nitrogens with zero attached hydrogens (tertiary/aromatic N) is 3. The van der Waals surface area contributed by atoms with Crippen molar-refractivity contribution in [1.82, 2.24) is 15.0 Å². The average molecular weight is 239 g/mol. The van der Waals surface area contributed by atoms with Crippen molar-refractivity contribution in [2.75, 3.05) is 13.2 Å².